The average Bonchev–Trinajstić information content (AvgIpc) is 2.43. The van der Waals surface area contributed by atoms with Crippen LogP contribution in [0.15, 0.2) is 18.2 Å². The van der Waals surface area contributed by atoms with Crippen LogP contribution in [-0.2, 0) is 11.2 Å². The maximum Gasteiger partial charge on any atom is 0.336 e. The first-order chi connectivity index (χ1) is 9.50. The molecule has 1 aromatic rings. The molecule has 0 fully saturated rings. The fraction of sp³-hybridized carbons (Fsp3) is 0.467. The van der Waals surface area contributed by atoms with Gasteiger partial charge in [-0.3, -0.25) is 4.79 Å². The Morgan fingerprint density at radius 1 is 1.35 bits per heavy atom. The summed E-state index contributed by atoms with van der Waals surface area (Å²) in [5, 5.41) is 9.23. The van der Waals surface area contributed by atoms with Gasteiger partial charge in [-0.15, -0.1) is 0 Å². The van der Waals surface area contributed by atoms with Crippen LogP contribution in [0.25, 0.3) is 0 Å². The zero-order valence-corrected chi connectivity index (χ0v) is 11.9. The molecule has 1 aromatic carbocycles. The Balaban J connectivity index is 2.26. The molecule has 5 nitrogen and oxygen atoms in total. The van der Waals surface area contributed by atoms with Crippen molar-refractivity contribution in [2.24, 2.45) is 0 Å². The molecule has 1 aliphatic rings. The van der Waals surface area contributed by atoms with Gasteiger partial charge in [-0.05, 0) is 44.6 Å². The highest BCUT2D eigenvalue weighted by Gasteiger charge is 2.25. The number of rotatable bonds is 4. The van der Waals surface area contributed by atoms with Crippen LogP contribution in [0.3, 0.4) is 0 Å². The van der Waals surface area contributed by atoms with Gasteiger partial charge in [0.05, 0.1) is 5.56 Å². The monoisotopic (exact) mass is 276 g/mol. The SMILES string of the molecule is CN(C)CCC(=O)N1CCCc2c(C(=O)O)cccc21. The minimum Gasteiger partial charge on any atom is -0.478 e. The molecule has 0 unspecified atom stereocenters. The van der Waals surface area contributed by atoms with E-state index >= 15 is 0 Å². The molecule has 108 valence electrons. The summed E-state index contributed by atoms with van der Waals surface area (Å²) in [6.07, 6.45) is 1.98. The Bertz CT molecular complexity index is 526. The molecular weight excluding hydrogens is 256 g/mol. The second-order valence-electron chi connectivity index (χ2n) is 5.31. The number of amides is 1. The third-order valence-corrected chi connectivity index (χ3v) is 3.55. The van der Waals surface area contributed by atoms with Crippen LogP contribution in [0, 0.1) is 0 Å². The van der Waals surface area contributed by atoms with Crippen molar-refractivity contribution in [3.8, 4) is 0 Å². The van der Waals surface area contributed by atoms with Gasteiger partial charge in [-0.2, -0.15) is 0 Å². The van der Waals surface area contributed by atoms with E-state index in [1.807, 2.05) is 25.1 Å². The summed E-state index contributed by atoms with van der Waals surface area (Å²) < 4.78 is 0. The number of hydrogen-bond acceptors (Lipinski definition) is 3. The molecule has 2 rings (SSSR count). The van der Waals surface area contributed by atoms with Crippen molar-refractivity contribution < 1.29 is 14.7 Å². The highest BCUT2D eigenvalue weighted by molar-refractivity contribution is 5.98. The van der Waals surface area contributed by atoms with Crippen molar-refractivity contribution in [3.63, 3.8) is 0 Å². The van der Waals surface area contributed by atoms with Crippen LogP contribution in [0.5, 0.6) is 0 Å². The lowest BCUT2D eigenvalue weighted by Gasteiger charge is -2.30. The van der Waals surface area contributed by atoms with E-state index in [2.05, 4.69) is 0 Å². The molecule has 0 radical (unpaired) electrons. The van der Waals surface area contributed by atoms with Gasteiger partial charge in [0.2, 0.25) is 5.91 Å². The Kier molecular flexibility index (Phi) is 4.39. The highest BCUT2D eigenvalue weighted by atomic mass is 16.4. The largest absolute Gasteiger partial charge is 0.478 e. The number of fused-ring (bicyclic) bond motifs is 1. The van der Waals surface area contributed by atoms with E-state index in [9.17, 15) is 14.7 Å². The van der Waals surface area contributed by atoms with Gasteiger partial charge in [-0.25, -0.2) is 4.79 Å². The van der Waals surface area contributed by atoms with E-state index < -0.39 is 5.97 Å². The van der Waals surface area contributed by atoms with Gasteiger partial charge in [0, 0.05) is 25.2 Å². The molecule has 0 saturated heterocycles. The van der Waals surface area contributed by atoms with Crippen LogP contribution < -0.4 is 4.90 Å². The number of aromatic carboxylic acids is 1. The van der Waals surface area contributed by atoms with Gasteiger partial charge in [-0.1, -0.05) is 6.07 Å². The van der Waals surface area contributed by atoms with Crippen LogP contribution >= 0.6 is 0 Å². The first kappa shape index (κ1) is 14.5. The standard InChI is InChI=1S/C15H20N2O3/c1-16(2)10-8-14(18)17-9-4-6-11-12(15(19)20)5-3-7-13(11)17/h3,5,7H,4,6,8-10H2,1-2H3,(H,19,20). The predicted octanol–water partition coefficient (Wildman–Crippen LogP) is 1.62. The molecule has 20 heavy (non-hydrogen) atoms. The van der Waals surface area contributed by atoms with E-state index in [4.69, 9.17) is 0 Å². The van der Waals surface area contributed by atoms with Crippen LogP contribution in [-0.4, -0.2) is 49.1 Å². The third-order valence-electron chi connectivity index (χ3n) is 3.55. The molecular formula is C15H20N2O3. The molecule has 1 heterocycles. The maximum atomic E-state index is 12.3. The molecule has 1 amide bonds. The molecule has 0 aromatic heterocycles. The normalized spacial score (nSPS) is 14.2. The van der Waals surface area contributed by atoms with Gasteiger partial charge >= 0.3 is 5.97 Å². The maximum absolute atomic E-state index is 12.3. The zero-order chi connectivity index (χ0) is 14.7. The summed E-state index contributed by atoms with van der Waals surface area (Å²) in [5.41, 5.74) is 1.86. The Labute approximate surface area is 118 Å². The molecule has 0 bridgehead atoms. The van der Waals surface area contributed by atoms with E-state index in [1.165, 1.54) is 0 Å². The molecule has 1 aliphatic heterocycles. The first-order valence-corrected chi connectivity index (χ1v) is 6.81. The lowest BCUT2D eigenvalue weighted by molar-refractivity contribution is -0.118. The van der Waals surface area contributed by atoms with Gasteiger partial charge in [0.15, 0.2) is 0 Å². The molecule has 0 aliphatic carbocycles. The van der Waals surface area contributed by atoms with E-state index in [0.29, 0.717) is 25.1 Å². The zero-order valence-electron chi connectivity index (χ0n) is 11.9. The van der Waals surface area contributed by atoms with Crippen molar-refractivity contribution in [2.45, 2.75) is 19.3 Å². The van der Waals surface area contributed by atoms with Crippen LogP contribution in [0.4, 0.5) is 5.69 Å². The summed E-state index contributed by atoms with van der Waals surface area (Å²) in [7, 11) is 3.86. The predicted molar refractivity (Wildman–Crippen MR) is 77.2 cm³/mol. The van der Waals surface area contributed by atoms with E-state index in [0.717, 1.165) is 24.1 Å². The number of nitrogens with zero attached hydrogens (tertiary/aromatic N) is 2. The number of hydrogen-bond donors (Lipinski definition) is 1. The minimum atomic E-state index is -0.926. The fourth-order valence-corrected chi connectivity index (χ4v) is 2.54. The summed E-state index contributed by atoms with van der Waals surface area (Å²) in [4.78, 5) is 27.3. The van der Waals surface area contributed by atoms with E-state index in [-0.39, 0.29) is 5.91 Å². The van der Waals surface area contributed by atoms with Crippen molar-refractivity contribution in [3.05, 3.63) is 29.3 Å². The molecule has 1 N–H and O–H groups in total. The van der Waals surface area contributed by atoms with Crippen molar-refractivity contribution >= 4 is 17.6 Å². The van der Waals surface area contributed by atoms with Crippen molar-refractivity contribution in [2.75, 3.05) is 32.1 Å². The summed E-state index contributed by atoms with van der Waals surface area (Å²) in [6.45, 7) is 1.37. The molecule has 0 saturated carbocycles. The highest BCUT2D eigenvalue weighted by Crippen LogP contribution is 2.30. The van der Waals surface area contributed by atoms with Gasteiger partial charge in [0.1, 0.15) is 0 Å². The second-order valence-corrected chi connectivity index (χ2v) is 5.31. The number of carbonyl (C=O) groups is 2. The Hall–Kier alpha value is -1.88. The van der Waals surface area contributed by atoms with E-state index in [1.54, 1.807) is 17.0 Å². The number of benzene rings is 1. The smallest absolute Gasteiger partial charge is 0.336 e. The topological polar surface area (TPSA) is 60.9 Å². The summed E-state index contributed by atoms with van der Waals surface area (Å²) >= 11 is 0. The fourth-order valence-electron chi connectivity index (χ4n) is 2.54. The van der Waals surface area contributed by atoms with Crippen molar-refractivity contribution in [1.82, 2.24) is 4.90 Å². The summed E-state index contributed by atoms with van der Waals surface area (Å²) in [6, 6.07) is 5.16. The first-order valence-electron chi connectivity index (χ1n) is 6.81. The number of carboxylic acids is 1. The summed E-state index contributed by atoms with van der Waals surface area (Å²) in [5.74, 6) is -0.869. The third kappa shape index (κ3) is 2.99. The van der Waals surface area contributed by atoms with Gasteiger partial charge in [0.25, 0.3) is 0 Å². The number of anilines is 1. The quantitative estimate of drug-likeness (QED) is 0.907. The number of carboxylic acid groups (broad SMARTS) is 1. The molecule has 5 heteroatoms. The average molecular weight is 276 g/mol. The van der Waals surface area contributed by atoms with Crippen LogP contribution in [0.1, 0.15) is 28.8 Å². The van der Waals surface area contributed by atoms with Crippen LogP contribution in [0.2, 0.25) is 0 Å². The second kappa shape index (κ2) is 6.05. The Morgan fingerprint density at radius 3 is 2.75 bits per heavy atom. The Morgan fingerprint density at radius 2 is 2.10 bits per heavy atom. The minimum absolute atomic E-state index is 0.0576. The lowest BCUT2D eigenvalue weighted by Crippen LogP contribution is -2.37. The molecule has 0 atom stereocenters. The number of carbonyl (C=O) groups excluding carboxylic acids is 1. The van der Waals surface area contributed by atoms with Crippen molar-refractivity contribution in [1.29, 1.82) is 0 Å². The lowest BCUT2D eigenvalue weighted by atomic mass is 9.96. The molecule has 0 spiro atoms. The van der Waals surface area contributed by atoms with Gasteiger partial charge < -0.3 is 14.9 Å².